The summed E-state index contributed by atoms with van der Waals surface area (Å²) in [7, 11) is -7.48. The molecule has 0 bridgehead atoms. The Morgan fingerprint density at radius 2 is 1.32 bits per heavy atom. The van der Waals surface area contributed by atoms with Gasteiger partial charge >= 0.3 is 11.0 Å². The van der Waals surface area contributed by atoms with Crippen LogP contribution in [0.1, 0.15) is 6.42 Å². The summed E-state index contributed by atoms with van der Waals surface area (Å²) in [5, 5.41) is 17.4. The number of hydrogen-bond donors (Lipinski definition) is 1. The molecule has 150 valence electrons. The van der Waals surface area contributed by atoms with Gasteiger partial charge in [-0.15, -0.1) is 0 Å². The van der Waals surface area contributed by atoms with E-state index in [2.05, 4.69) is 0 Å². The van der Waals surface area contributed by atoms with Crippen molar-refractivity contribution in [3.05, 3.63) is 4.13 Å². The van der Waals surface area contributed by atoms with E-state index in [1.54, 1.807) is 0 Å². The molecule has 0 fully saturated rings. The Bertz CT molecular complexity index is 630. The van der Waals surface area contributed by atoms with Gasteiger partial charge in [0.15, 0.2) is 20.0 Å². The fourth-order valence-electron chi connectivity index (χ4n) is 1.02. The number of quaternary nitrogens is 1. The number of nitriles is 1. The van der Waals surface area contributed by atoms with E-state index in [1.165, 1.54) is 0 Å². The molecule has 1 unspecified atom stereocenters. The van der Waals surface area contributed by atoms with Crippen molar-refractivity contribution in [1.29, 1.82) is 5.26 Å². The second-order valence-corrected chi connectivity index (χ2v) is 8.83. The van der Waals surface area contributed by atoms with Gasteiger partial charge in [0.25, 0.3) is 0 Å². The first-order chi connectivity index (χ1) is 10.7. The maximum absolute atomic E-state index is 11.4. The third kappa shape index (κ3) is 10.4. The van der Waals surface area contributed by atoms with Gasteiger partial charge in [-0.3, -0.25) is 0 Å². The van der Waals surface area contributed by atoms with Gasteiger partial charge in [0, 0.05) is 0 Å². The zero-order valence-electron chi connectivity index (χ0n) is 13.0. The van der Waals surface area contributed by atoms with Crippen LogP contribution in [-0.4, -0.2) is 71.2 Å². The molecule has 0 aliphatic carbocycles. The molecule has 0 rings (SSSR count). The lowest BCUT2D eigenvalue weighted by atomic mass is 10.2. The zero-order valence-corrected chi connectivity index (χ0v) is 14.6. The van der Waals surface area contributed by atoms with Crippen molar-refractivity contribution >= 4 is 20.0 Å². The van der Waals surface area contributed by atoms with E-state index in [1.807, 2.05) is 27.2 Å². The van der Waals surface area contributed by atoms with Crippen LogP contribution in [0, 0.1) is 11.3 Å². The minimum absolute atomic E-state index is 0.232. The van der Waals surface area contributed by atoms with E-state index >= 15 is 0 Å². The molecule has 0 aromatic carbocycles. The molecular weight excluding hydrogens is 408 g/mol. The fourth-order valence-corrected chi connectivity index (χ4v) is 2.73. The molecular formula is C9H15F6N3O5S2. The molecule has 0 aromatic rings. The summed E-state index contributed by atoms with van der Waals surface area (Å²) in [5.41, 5.74) is -12.4. The summed E-state index contributed by atoms with van der Waals surface area (Å²) in [6.45, 7) is 0.633. The number of sulfonamides is 2. The molecule has 16 heteroatoms. The highest BCUT2D eigenvalue weighted by atomic mass is 32.3. The van der Waals surface area contributed by atoms with Crippen molar-refractivity contribution in [3.8, 4) is 6.07 Å². The smallest absolute Gasteiger partial charge is 0.421 e. The van der Waals surface area contributed by atoms with Crippen LogP contribution in [0.4, 0.5) is 26.3 Å². The SMILES string of the molecule is C[N+](C)(C)CC(O)CC#N.O=S(=O)([N-]S(=O)(=O)C(F)(F)F)C(F)(F)F. The van der Waals surface area contributed by atoms with Crippen LogP contribution in [0.15, 0.2) is 0 Å². The monoisotopic (exact) mass is 423 g/mol. The number of aliphatic hydroxyl groups is 1. The van der Waals surface area contributed by atoms with Crippen LogP contribution < -0.4 is 0 Å². The van der Waals surface area contributed by atoms with Crippen LogP contribution in [0.5, 0.6) is 0 Å². The Morgan fingerprint density at radius 1 is 1.00 bits per heavy atom. The van der Waals surface area contributed by atoms with Gasteiger partial charge in [0.2, 0.25) is 0 Å². The van der Waals surface area contributed by atoms with Crippen LogP contribution >= 0.6 is 0 Å². The first-order valence-corrected chi connectivity index (χ1v) is 8.76. The molecule has 0 saturated heterocycles. The Kier molecular flexibility index (Phi) is 8.86. The van der Waals surface area contributed by atoms with Crippen molar-refractivity contribution in [2.45, 2.75) is 23.5 Å². The molecule has 0 aliphatic rings. The van der Waals surface area contributed by atoms with Crippen LogP contribution in [0.25, 0.3) is 4.13 Å². The quantitative estimate of drug-likeness (QED) is 0.520. The van der Waals surface area contributed by atoms with E-state index in [0.717, 1.165) is 4.13 Å². The Balaban J connectivity index is 0. The van der Waals surface area contributed by atoms with Crippen molar-refractivity contribution < 1.29 is 52.8 Å². The van der Waals surface area contributed by atoms with Crippen molar-refractivity contribution in [1.82, 2.24) is 0 Å². The number of rotatable bonds is 5. The predicted molar refractivity (Wildman–Crippen MR) is 72.4 cm³/mol. The van der Waals surface area contributed by atoms with Gasteiger partial charge in [0.05, 0.1) is 33.6 Å². The third-order valence-corrected chi connectivity index (χ3v) is 4.61. The maximum atomic E-state index is 11.4. The number of alkyl halides is 6. The molecule has 0 heterocycles. The number of aliphatic hydroxyl groups excluding tert-OH is 1. The molecule has 0 radical (unpaired) electrons. The maximum Gasteiger partial charge on any atom is 0.480 e. The number of halogens is 6. The van der Waals surface area contributed by atoms with Crippen LogP contribution in [-0.2, 0) is 20.0 Å². The highest BCUT2D eigenvalue weighted by molar-refractivity contribution is 8.13. The summed E-state index contributed by atoms with van der Waals surface area (Å²) in [6, 6.07) is 1.93. The molecule has 0 aromatic heterocycles. The average Bonchev–Trinajstić information content (AvgIpc) is 2.22. The second-order valence-electron chi connectivity index (χ2n) is 5.41. The first-order valence-electron chi connectivity index (χ1n) is 5.88. The van der Waals surface area contributed by atoms with Gasteiger partial charge in [-0.25, -0.2) is 16.8 Å². The molecule has 0 spiro atoms. The van der Waals surface area contributed by atoms with Gasteiger partial charge in [-0.1, -0.05) is 0 Å². The topological polar surface area (TPSA) is 126 Å². The van der Waals surface area contributed by atoms with E-state index in [0.29, 0.717) is 11.0 Å². The normalized spacial score (nSPS) is 14.9. The summed E-state index contributed by atoms with van der Waals surface area (Å²) >= 11 is 0. The lowest BCUT2D eigenvalue weighted by molar-refractivity contribution is -0.873. The molecule has 8 nitrogen and oxygen atoms in total. The van der Waals surface area contributed by atoms with Crippen LogP contribution in [0.2, 0.25) is 0 Å². The van der Waals surface area contributed by atoms with Crippen molar-refractivity contribution in [3.63, 3.8) is 0 Å². The minimum atomic E-state index is -6.72. The number of nitrogens with zero attached hydrogens (tertiary/aromatic N) is 3. The largest absolute Gasteiger partial charge is 0.480 e. The molecule has 25 heavy (non-hydrogen) atoms. The lowest BCUT2D eigenvalue weighted by Crippen LogP contribution is -2.41. The van der Waals surface area contributed by atoms with E-state index in [9.17, 15) is 43.2 Å². The summed E-state index contributed by atoms with van der Waals surface area (Å²) in [6.07, 6.45) is -0.250. The first kappa shape index (κ1) is 26.1. The minimum Gasteiger partial charge on any atom is -0.421 e. The van der Waals surface area contributed by atoms with Gasteiger partial charge in [-0.05, 0) is 0 Å². The highest BCUT2D eigenvalue weighted by Gasteiger charge is 2.46. The molecule has 0 amide bonds. The van der Waals surface area contributed by atoms with Gasteiger partial charge < -0.3 is 13.7 Å². The van der Waals surface area contributed by atoms with E-state index in [4.69, 9.17) is 10.4 Å². The van der Waals surface area contributed by atoms with Gasteiger partial charge in [0.1, 0.15) is 12.6 Å². The second kappa shape index (κ2) is 8.49. The summed E-state index contributed by atoms with van der Waals surface area (Å²) in [5.74, 6) is 0. The molecule has 1 N–H and O–H groups in total. The molecule has 0 aliphatic heterocycles. The Morgan fingerprint density at radius 3 is 1.52 bits per heavy atom. The van der Waals surface area contributed by atoms with E-state index < -0.39 is 37.2 Å². The van der Waals surface area contributed by atoms with E-state index in [-0.39, 0.29) is 6.42 Å². The third-order valence-electron chi connectivity index (χ3n) is 1.87. The van der Waals surface area contributed by atoms with Crippen molar-refractivity contribution in [2.75, 3.05) is 27.7 Å². The Labute approximate surface area is 140 Å². The lowest BCUT2D eigenvalue weighted by Gasteiger charge is -2.25. The fraction of sp³-hybridized carbons (Fsp3) is 0.889. The molecule has 1 atom stereocenters. The summed E-state index contributed by atoms with van der Waals surface area (Å²) < 4.78 is 110. The van der Waals surface area contributed by atoms with Gasteiger partial charge in [-0.2, -0.15) is 31.6 Å². The summed E-state index contributed by atoms with van der Waals surface area (Å²) in [4.78, 5) is 0. The number of hydrogen-bond acceptors (Lipinski definition) is 6. The average molecular weight is 423 g/mol. The predicted octanol–water partition coefficient (Wildman–Crippen LogP) is 1.03. The molecule has 0 saturated carbocycles. The van der Waals surface area contributed by atoms with Crippen LogP contribution in [0.3, 0.4) is 0 Å². The highest BCUT2D eigenvalue weighted by Crippen LogP contribution is 2.36. The number of likely N-dealkylation sites (N-methyl/N-ethyl adjacent to an activating group) is 1. The Hall–Kier alpha value is -1.15. The zero-order chi connectivity index (χ0) is 20.9. The van der Waals surface area contributed by atoms with Crippen molar-refractivity contribution in [2.24, 2.45) is 0 Å². The standard InChI is InChI=1S/C7H15N2O.C2F6NO4S2/c1-9(2,3)6-7(10)4-5-8;3-1(4,5)14(10,11)9-15(12,13)2(6,7)8/h7,10H,4,6H2,1-3H3;/q+1;-1.